The van der Waals surface area contributed by atoms with E-state index in [0.29, 0.717) is 10.9 Å². The average molecular weight is 817 g/mol. The summed E-state index contributed by atoms with van der Waals surface area (Å²) in [6, 6.07) is 22.0. The van der Waals surface area contributed by atoms with E-state index in [4.69, 9.17) is 20.8 Å². The molecule has 1 aliphatic rings. The molecular weight excluding hydrogens is 765 g/mol. The molecule has 0 unspecified atom stereocenters. The van der Waals surface area contributed by atoms with E-state index in [1.54, 1.807) is 12.3 Å². The first-order valence-electron chi connectivity index (χ1n) is 16.2. The van der Waals surface area contributed by atoms with Crippen molar-refractivity contribution in [1.29, 1.82) is 0 Å². The molecule has 3 aromatic heterocycles. The Balaban J connectivity index is 0.000000258. The van der Waals surface area contributed by atoms with Gasteiger partial charge >= 0.3 is 7.12 Å². The smallest absolute Gasteiger partial charge is 0.399 e. The van der Waals surface area contributed by atoms with Crippen molar-refractivity contribution in [1.82, 2.24) is 30.2 Å². The summed E-state index contributed by atoms with van der Waals surface area (Å²) >= 11 is 3.37. The Kier molecular flexibility index (Phi) is 15.5. The molecule has 1 aliphatic heterocycles. The number of aromatic nitrogens is 6. The summed E-state index contributed by atoms with van der Waals surface area (Å²) < 4.78 is 14.3. The lowest BCUT2D eigenvalue weighted by molar-refractivity contribution is -0.383. The van der Waals surface area contributed by atoms with Gasteiger partial charge in [0.1, 0.15) is 0 Å². The molecule has 0 atom stereocenters. The van der Waals surface area contributed by atoms with E-state index in [2.05, 4.69) is 69.1 Å². The number of nitrogen functional groups attached to an aromatic ring is 2. The highest BCUT2D eigenvalue weighted by atomic mass is 79.9. The number of nitro benzene ring substituents is 1. The minimum atomic E-state index is -0.492. The van der Waals surface area contributed by atoms with E-state index in [9.17, 15) is 14.9 Å². The summed E-state index contributed by atoms with van der Waals surface area (Å²) in [6.45, 7) is 11.6. The molecule has 7 aromatic rings. The highest BCUT2D eigenvalue weighted by Gasteiger charge is 2.52. The Morgan fingerprint density at radius 3 is 1.87 bits per heavy atom. The van der Waals surface area contributed by atoms with Gasteiger partial charge in [-0.15, -0.1) is 0 Å². The SMILES string of the molecule is C.C.C.CC(=O)n1ncc2c([N+](=O)[O-])cccc21.CC1(C)OB(c2cccc3[nH]ncc23)OC1(C)C.Cc1c(N)cccc1Br.Nc1cccc2[nH]ncc12. The van der Waals surface area contributed by atoms with Crippen LogP contribution in [0.1, 0.15) is 67.3 Å². The third-order valence-electron chi connectivity index (χ3n) is 8.94. The third kappa shape index (κ3) is 9.95. The molecule has 0 radical (unpaired) electrons. The molecule has 292 valence electrons. The molecule has 1 fully saturated rings. The molecule has 55 heavy (non-hydrogen) atoms. The van der Waals surface area contributed by atoms with Gasteiger partial charge in [0.2, 0.25) is 5.91 Å². The summed E-state index contributed by atoms with van der Waals surface area (Å²) in [5.74, 6) is -0.273. The number of non-ortho nitro benzene ring substituents is 1. The van der Waals surface area contributed by atoms with Crippen molar-refractivity contribution >= 4 is 84.2 Å². The first-order valence-corrected chi connectivity index (χ1v) is 17.0. The molecule has 6 N–H and O–H groups in total. The predicted molar refractivity (Wildman–Crippen MR) is 228 cm³/mol. The topological polar surface area (TPSA) is 206 Å². The molecule has 4 aromatic carbocycles. The molecule has 4 heterocycles. The fourth-order valence-corrected chi connectivity index (χ4v) is 5.61. The monoisotopic (exact) mass is 815 g/mol. The number of anilines is 2. The molecular formula is C39H51BBrN9O5. The Labute approximate surface area is 330 Å². The van der Waals surface area contributed by atoms with Crippen LogP contribution in [0.4, 0.5) is 17.1 Å². The van der Waals surface area contributed by atoms with Crippen molar-refractivity contribution in [2.75, 3.05) is 11.5 Å². The Hall–Kier alpha value is -5.58. The molecule has 16 heteroatoms. The fraction of sp³-hybridized carbons (Fsp3) is 0.282. The van der Waals surface area contributed by atoms with Crippen LogP contribution in [0.15, 0.2) is 95.9 Å². The van der Waals surface area contributed by atoms with E-state index >= 15 is 0 Å². The number of hydrogen-bond acceptors (Lipinski definition) is 10. The number of carbonyl (C=O) groups is 1. The number of fused-ring (bicyclic) bond motifs is 3. The lowest BCUT2D eigenvalue weighted by Crippen LogP contribution is -2.41. The first kappa shape index (κ1) is 45.6. The summed E-state index contributed by atoms with van der Waals surface area (Å²) in [5.41, 5.74) is 16.7. The summed E-state index contributed by atoms with van der Waals surface area (Å²) in [7, 11) is -0.337. The fourth-order valence-electron chi connectivity index (χ4n) is 5.23. The maximum atomic E-state index is 11.1. The standard InChI is InChI=1S/C13H17BN2O2.C9H7N3O3.C7H8BrN.C7H7N3.3CH4/c1-12(2)13(3,4)18-14(17-12)10-6-5-7-11-9(10)8-15-16-11;1-6(13)11-8-3-2-4-9(12(14)15)7(8)5-10-11;1-5-6(8)3-2-4-7(5)9;8-6-2-1-3-7-5(6)4-9-10-7;;;/h5-8H,1-4H3,(H,15,16);2-5H,1H3;2-4H,9H2,1H3;1-4H,8H2,(H,9,10);3*1H4. The Morgan fingerprint density at radius 1 is 0.800 bits per heavy atom. The average Bonchev–Trinajstić information content (AvgIpc) is 3.90. The number of nitrogens with two attached hydrogens (primary N) is 2. The van der Waals surface area contributed by atoms with Gasteiger partial charge in [-0.1, -0.05) is 68.5 Å². The zero-order valence-electron chi connectivity index (χ0n) is 29.5. The molecule has 0 aliphatic carbocycles. The number of carbonyl (C=O) groups excluding carboxylic acids is 1. The van der Waals surface area contributed by atoms with Crippen LogP contribution in [0.3, 0.4) is 0 Å². The van der Waals surface area contributed by atoms with E-state index < -0.39 is 4.92 Å². The summed E-state index contributed by atoms with van der Waals surface area (Å²) in [6.07, 6.45) is 4.87. The van der Waals surface area contributed by atoms with Crippen molar-refractivity contribution in [3.05, 3.63) is 112 Å². The lowest BCUT2D eigenvalue weighted by atomic mass is 9.77. The van der Waals surface area contributed by atoms with Gasteiger partial charge in [0, 0.05) is 39.6 Å². The largest absolute Gasteiger partial charge is 0.495 e. The normalized spacial score (nSPS) is 13.4. The molecule has 0 spiro atoms. The second-order valence-electron chi connectivity index (χ2n) is 12.9. The number of nitrogens with one attached hydrogen (secondary N) is 2. The van der Waals surface area contributed by atoms with Crippen molar-refractivity contribution in [2.24, 2.45) is 0 Å². The predicted octanol–water partition coefficient (Wildman–Crippen LogP) is 8.86. The van der Waals surface area contributed by atoms with Gasteiger partial charge in [-0.2, -0.15) is 15.3 Å². The van der Waals surface area contributed by atoms with Crippen LogP contribution in [0.25, 0.3) is 32.7 Å². The van der Waals surface area contributed by atoms with Gasteiger partial charge in [-0.3, -0.25) is 25.1 Å². The van der Waals surface area contributed by atoms with Crippen molar-refractivity contribution < 1.29 is 19.0 Å². The van der Waals surface area contributed by atoms with Crippen LogP contribution in [0, 0.1) is 17.0 Å². The zero-order chi connectivity index (χ0) is 37.8. The van der Waals surface area contributed by atoms with Gasteiger partial charge in [0.15, 0.2) is 0 Å². The number of benzene rings is 4. The second kappa shape index (κ2) is 18.6. The maximum Gasteiger partial charge on any atom is 0.495 e. The van der Waals surface area contributed by atoms with Crippen molar-refractivity contribution in [2.45, 2.75) is 75.0 Å². The van der Waals surface area contributed by atoms with Gasteiger partial charge in [-0.25, -0.2) is 4.68 Å². The van der Waals surface area contributed by atoms with Crippen LogP contribution in [-0.2, 0) is 9.31 Å². The van der Waals surface area contributed by atoms with Crippen LogP contribution in [0.5, 0.6) is 0 Å². The third-order valence-corrected chi connectivity index (χ3v) is 9.80. The molecule has 0 saturated carbocycles. The number of rotatable bonds is 2. The molecule has 14 nitrogen and oxygen atoms in total. The van der Waals surface area contributed by atoms with E-state index in [0.717, 1.165) is 53.4 Å². The van der Waals surface area contributed by atoms with Crippen molar-refractivity contribution in [3.8, 4) is 0 Å². The zero-order valence-corrected chi connectivity index (χ0v) is 31.1. The van der Waals surface area contributed by atoms with Gasteiger partial charge in [-0.05, 0) is 82.0 Å². The number of halogens is 1. The minimum Gasteiger partial charge on any atom is -0.399 e. The summed E-state index contributed by atoms with van der Waals surface area (Å²) in [4.78, 5) is 21.3. The van der Waals surface area contributed by atoms with Crippen LogP contribution in [0.2, 0.25) is 0 Å². The number of nitrogens with zero attached hydrogens (tertiary/aromatic N) is 5. The van der Waals surface area contributed by atoms with Crippen molar-refractivity contribution in [3.63, 3.8) is 0 Å². The minimum absolute atomic E-state index is 0. The number of hydrogen-bond donors (Lipinski definition) is 4. The molecule has 8 rings (SSSR count). The first-order chi connectivity index (χ1) is 24.6. The van der Waals surface area contributed by atoms with Crippen LogP contribution in [-0.4, -0.2) is 59.3 Å². The van der Waals surface area contributed by atoms with Gasteiger partial charge < -0.3 is 20.8 Å². The van der Waals surface area contributed by atoms with Crippen LogP contribution >= 0.6 is 15.9 Å². The number of aromatic amines is 2. The van der Waals surface area contributed by atoms with Gasteiger partial charge in [0.25, 0.3) is 5.69 Å². The highest BCUT2D eigenvalue weighted by Crippen LogP contribution is 2.37. The molecule has 0 bridgehead atoms. The Morgan fingerprint density at radius 2 is 1.33 bits per heavy atom. The maximum absolute atomic E-state index is 11.1. The van der Waals surface area contributed by atoms with E-state index in [1.807, 2.05) is 67.7 Å². The van der Waals surface area contributed by atoms with Crippen LogP contribution < -0.4 is 16.9 Å². The highest BCUT2D eigenvalue weighted by molar-refractivity contribution is 9.10. The molecule has 1 saturated heterocycles. The Bertz CT molecular complexity index is 2330. The molecule has 0 amide bonds. The van der Waals surface area contributed by atoms with E-state index in [1.165, 1.54) is 25.3 Å². The van der Waals surface area contributed by atoms with Gasteiger partial charge in [0.05, 0.1) is 56.7 Å². The number of H-pyrrole nitrogens is 2. The van der Waals surface area contributed by atoms with E-state index in [-0.39, 0.29) is 52.2 Å². The number of nitro groups is 1. The lowest BCUT2D eigenvalue weighted by Gasteiger charge is -2.32. The second-order valence-corrected chi connectivity index (χ2v) is 13.8. The summed E-state index contributed by atoms with van der Waals surface area (Å²) in [5, 5.41) is 30.6. The quantitative estimate of drug-likeness (QED) is 0.0564.